The number of fused-ring (bicyclic) bond motifs is 1. The van der Waals surface area contributed by atoms with Crippen molar-refractivity contribution in [3.05, 3.63) is 58.4 Å². The van der Waals surface area contributed by atoms with E-state index in [2.05, 4.69) is 10.3 Å². The first-order valence-corrected chi connectivity index (χ1v) is 7.68. The number of nitrogens with one attached hydrogen (secondary N) is 1. The highest BCUT2D eigenvalue weighted by atomic mass is 32.1. The summed E-state index contributed by atoms with van der Waals surface area (Å²) in [6.45, 7) is 3.96. The minimum Gasteiger partial charge on any atom is -0.298 e. The average molecular weight is 325 g/mol. The van der Waals surface area contributed by atoms with E-state index in [-0.39, 0.29) is 11.1 Å². The third kappa shape index (κ3) is 2.91. The number of nitrogens with zero attached hydrogens (tertiary/aromatic N) is 2. The lowest BCUT2D eigenvalue weighted by Crippen LogP contribution is -2.13. The molecule has 6 heteroatoms. The van der Waals surface area contributed by atoms with Crippen LogP contribution in [-0.4, -0.2) is 10.9 Å². The van der Waals surface area contributed by atoms with Crippen LogP contribution in [0.4, 0.5) is 9.52 Å². The van der Waals surface area contributed by atoms with Crippen molar-refractivity contribution in [3.8, 4) is 6.07 Å². The van der Waals surface area contributed by atoms with Gasteiger partial charge in [0.2, 0.25) is 0 Å². The molecule has 3 aromatic rings. The Morgan fingerprint density at radius 3 is 2.78 bits per heavy atom. The van der Waals surface area contributed by atoms with Crippen molar-refractivity contribution in [1.82, 2.24) is 4.98 Å². The SMILES string of the molecule is Cc1cc(C)c2nc(NC(=O)c3ccc(C#N)cc3F)sc2c1. The summed E-state index contributed by atoms with van der Waals surface area (Å²) in [5, 5.41) is 11.8. The lowest BCUT2D eigenvalue weighted by atomic mass is 10.1. The molecule has 0 spiro atoms. The average Bonchev–Trinajstić information content (AvgIpc) is 2.89. The Labute approximate surface area is 136 Å². The van der Waals surface area contributed by atoms with E-state index in [9.17, 15) is 9.18 Å². The number of halogens is 1. The molecular formula is C17H12FN3OS. The Bertz CT molecular complexity index is 972. The van der Waals surface area contributed by atoms with Crippen LogP contribution in [0.25, 0.3) is 10.2 Å². The molecule has 0 unspecified atom stereocenters. The summed E-state index contributed by atoms with van der Waals surface area (Å²) in [7, 11) is 0. The number of amides is 1. The Balaban J connectivity index is 1.91. The van der Waals surface area contributed by atoms with Crippen LogP contribution in [0.1, 0.15) is 27.0 Å². The number of nitriles is 1. The molecule has 0 saturated heterocycles. The Morgan fingerprint density at radius 2 is 2.09 bits per heavy atom. The standard InChI is InChI=1S/C17H12FN3OS/c1-9-5-10(2)15-14(6-9)23-17(20-15)21-16(22)12-4-3-11(8-19)7-13(12)18/h3-7H,1-2H3,(H,20,21,22). The van der Waals surface area contributed by atoms with Crippen molar-refractivity contribution in [3.63, 3.8) is 0 Å². The maximum atomic E-state index is 13.9. The first kappa shape index (κ1) is 15.1. The molecule has 1 heterocycles. The summed E-state index contributed by atoms with van der Waals surface area (Å²) in [5.41, 5.74) is 3.04. The van der Waals surface area contributed by atoms with Crippen LogP contribution in [0, 0.1) is 31.0 Å². The van der Waals surface area contributed by atoms with E-state index in [0.29, 0.717) is 5.13 Å². The van der Waals surface area contributed by atoms with E-state index in [4.69, 9.17) is 5.26 Å². The summed E-state index contributed by atoms with van der Waals surface area (Å²) in [6.07, 6.45) is 0. The number of carbonyl (C=O) groups excluding carboxylic acids is 1. The number of hydrogen-bond acceptors (Lipinski definition) is 4. The molecule has 2 aromatic carbocycles. The maximum absolute atomic E-state index is 13.9. The van der Waals surface area contributed by atoms with Gasteiger partial charge in [-0.25, -0.2) is 9.37 Å². The van der Waals surface area contributed by atoms with Gasteiger partial charge < -0.3 is 0 Å². The van der Waals surface area contributed by atoms with Crippen molar-refractivity contribution in [2.45, 2.75) is 13.8 Å². The van der Waals surface area contributed by atoms with Crippen LogP contribution in [-0.2, 0) is 0 Å². The molecule has 23 heavy (non-hydrogen) atoms. The second-order valence-electron chi connectivity index (χ2n) is 5.21. The lowest BCUT2D eigenvalue weighted by Gasteiger charge is -2.03. The fourth-order valence-corrected chi connectivity index (χ4v) is 3.39. The maximum Gasteiger partial charge on any atom is 0.260 e. The van der Waals surface area contributed by atoms with Gasteiger partial charge in [0.05, 0.1) is 27.4 Å². The number of rotatable bonds is 2. The molecular weight excluding hydrogens is 313 g/mol. The van der Waals surface area contributed by atoms with E-state index in [1.807, 2.05) is 32.0 Å². The van der Waals surface area contributed by atoms with Crippen LogP contribution in [0.5, 0.6) is 0 Å². The highest BCUT2D eigenvalue weighted by Crippen LogP contribution is 2.29. The number of hydrogen-bond donors (Lipinski definition) is 1. The Kier molecular flexibility index (Phi) is 3.80. The highest BCUT2D eigenvalue weighted by Gasteiger charge is 2.15. The van der Waals surface area contributed by atoms with Gasteiger partial charge in [-0.1, -0.05) is 17.4 Å². The summed E-state index contributed by atoms with van der Waals surface area (Å²) in [6, 6.07) is 9.60. The molecule has 0 fully saturated rings. The van der Waals surface area contributed by atoms with Gasteiger partial charge in [-0.2, -0.15) is 5.26 Å². The number of carbonyl (C=O) groups is 1. The van der Waals surface area contributed by atoms with E-state index in [0.717, 1.165) is 27.4 Å². The van der Waals surface area contributed by atoms with Gasteiger partial charge in [-0.15, -0.1) is 0 Å². The topological polar surface area (TPSA) is 65.8 Å². The molecule has 114 valence electrons. The predicted octanol–water partition coefficient (Wildman–Crippen LogP) is 4.18. The second kappa shape index (κ2) is 5.78. The molecule has 0 saturated carbocycles. The Hall–Kier alpha value is -2.78. The molecule has 0 bridgehead atoms. The first-order valence-electron chi connectivity index (χ1n) is 6.86. The highest BCUT2D eigenvalue weighted by molar-refractivity contribution is 7.22. The van der Waals surface area contributed by atoms with E-state index < -0.39 is 11.7 Å². The fourth-order valence-electron chi connectivity index (χ4n) is 2.36. The van der Waals surface area contributed by atoms with Crippen LogP contribution >= 0.6 is 11.3 Å². The monoisotopic (exact) mass is 325 g/mol. The van der Waals surface area contributed by atoms with E-state index >= 15 is 0 Å². The van der Waals surface area contributed by atoms with Crippen molar-refractivity contribution in [2.75, 3.05) is 5.32 Å². The van der Waals surface area contributed by atoms with Crippen LogP contribution < -0.4 is 5.32 Å². The van der Waals surface area contributed by atoms with Gasteiger partial charge in [0.1, 0.15) is 5.82 Å². The molecule has 4 nitrogen and oxygen atoms in total. The quantitative estimate of drug-likeness (QED) is 0.769. The molecule has 1 N–H and O–H groups in total. The van der Waals surface area contributed by atoms with Crippen molar-refractivity contribution in [1.29, 1.82) is 5.26 Å². The summed E-state index contributed by atoms with van der Waals surface area (Å²) in [4.78, 5) is 16.6. The molecule has 3 rings (SSSR count). The lowest BCUT2D eigenvalue weighted by molar-refractivity contribution is 0.102. The third-order valence-corrected chi connectivity index (χ3v) is 4.31. The molecule has 0 aliphatic carbocycles. The predicted molar refractivity (Wildman–Crippen MR) is 88.2 cm³/mol. The summed E-state index contributed by atoms with van der Waals surface area (Å²) < 4.78 is 14.9. The molecule has 0 aliphatic rings. The third-order valence-electron chi connectivity index (χ3n) is 3.39. The normalized spacial score (nSPS) is 10.5. The largest absolute Gasteiger partial charge is 0.298 e. The van der Waals surface area contributed by atoms with Crippen LogP contribution in [0.15, 0.2) is 30.3 Å². The minimum atomic E-state index is -0.727. The zero-order chi connectivity index (χ0) is 16.6. The second-order valence-corrected chi connectivity index (χ2v) is 6.24. The van der Waals surface area contributed by atoms with E-state index in [1.165, 1.54) is 23.5 Å². The fraction of sp³-hybridized carbons (Fsp3) is 0.118. The van der Waals surface area contributed by atoms with Crippen molar-refractivity contribution in [2.24, 2.45) is 0 Å². The molecule has 1 amide bonds. The van der Waals surface area contributed by atoms with Crippen molar-refractivity contribution < 1.29 is 9.18 Å². The molecule has 0 radical (unpaired) electrons. The number of anilines is 1. The zero-order valence-electron chi connectivity index (χ0n) is 12.5. The molecule has 0 aliphatic heterocycles. The van der Waals surface area contributed by atoms with Gasteiger partial charge in [0, 0.05) is 0 Å². The number of benzene rings is 2. The number of aryl methyl sites for hydroxylation is 2. The number of aromatic nitrogens is 1. The zero-order valence-corrected chi connectivity index (χ0v) is 13.3. The van der Waals surface area contributed by atoms with Crippen LogP contribution in [0.3, 0.4) is 0 Å². The minimum absolute atomic E-state index is 0.115. The van der Waals surface area contributed by atoms with Gasteiger partial charge in [0.25, 0.3) is 5.91 Å². The van der Waals surface area contributed by atoms with Gasteiger partial charge in [0.15, 0.2) is 5.13 Å². The summed E-state index contributed by atoms with van der Waals surface area (Å²) >= 11 is 1.34. The van der Waals surface area contributed by atoms with Gasteiger partial charge in [-0.3, -0.25) is 10.1 Å². The van der Waals surface area contributed by atoms with Gasteiger partial charge >= 0.3 is 0 Å². The van der Waals surface area contributed by atoms with Gasteiger partial charge in [-0.05, 0) is 49.2 Å². The molecule has 0 atom stereocenters. The Morgan fingerprint density at radius 1 is 1.30 bits per heavy atom. The molecule has 1 aromatic heterocycles. The van der Waals surface area contributed by atoms with Crippen LogP contribution in [0.2, 0.25) is 0 Å². The summed E-state index contributed by atoms with van der Waals surface area (Å²) in [5.74, 6) is -1.31. The van der Waals surface area contributed by atoms with Crippen molar-refractivity contribution >= 4 is 32.6 Å². The number of thiazole rings is 1. The van der Waals surface area contributed by atoms with E-state index in [1.54, 1.807) is 0 Å². The smallest absolute Gasteiger partial charge is 0.260 e. The first-order chi connectivity index (χ1) is 11.0.